The highest BCUT2D eigenvalue weighted by Gasteiger charge is 2.14. The van der Waals surface area contributed by atoms with Crippen molar-refractivity contribution in [2.24, 2.45) is 5.92 Å². The average molecular weight is 247 g/mol. The molecule has 2 heteroatoms. The van der Waals surface area contributed by atoms with Crippen LogP contribution in [0.2, 0.25) is 0 Å². The Morgan fingerprint density at radius 2 is 1.72 bits per heavy atom. The predicted octanol–water partition coefficient (Wildman–Crippen LogP) is 4.32. The van der Waals surface area contributed by atoms with Gasteiger partial charge in [0.15, 0.2) is 0 Å². The summed E-state index contributed by atoms with van der Waals surface area (Å²) in [6.45, 7) is 3.04. The van der Waals surface area contributed by atoms with Crippen molar-refractivity contribution in [3.05, 3.63) is 29.8 Å². The van der Waals surface area contributed by atoms with Crippen molar-refractivity contribution in [3.63, 3.8) is 0 Å². The second-order valence-electron chi connectivity index (χ2n) is 5.50. The Bertz CT molecular complexity index is 339. The molecule has 100 valence electrons. The zero-order valence-electron chi connectivity index (χ0n) is 11.4. The van der Waals surface area contributed by atoms with Crippen molar-refractivity contribution < 1.29 is 4.74 Å². The molecule has 0 spiro atoms. The van der Waals surface area contributed by atoms with E-state index in [-0.39, 0.29) is 6.10 Å². The van der Waals surface area contributed by atoms with Gasteiger partial charge in [0.25, 0.3) is 0 Å². The fourth-order valence-corrected chi connectivity index (χ4v) is 2.67. The largest absolute Gasteiger partial charge is 0.399 e. The molecule has 0 saturated heterocycles. The van der Waals surface area contributed by atoms with Gasteiger partial charge in [-0.3, -0.25) is 0 Å². The second-order valence-corrected chi connectivity index (χ2v) is 5.50. The van der Waals surface area contributed by atoms with Crippen molar-refractivity contribution in [2.45, 2.75) is 51.6 Å². The first-order valence-corrected chi connectivity index (χ1v) is 7.23. The SMILES string of the molecule is CC(OCC1CCCCCC1)c1ccc(N)cc1. The van der Waals surface area contributed by atoms with E-state index < -0.39 is 0 Å². The summed E-state index contributed by atoms with van der Waals surface area (Å²) in [6.07, 6.45) is 8.43. The first-order chi connectivity index (χ1) is 8.75. The molecule has 0 heterocycles. The summed E-state index contributed by atoms with van der Waals surface area (Å²) in [7, 11) is 0. The van der Waals surface area contributed by atoms with E-state index in [2.05, 4.69) is 19.1 Å². The Morgan fingerprint density at radius 1 is 1.11 bits per heavy atom. The van der Waals surface area contributed by atoms with Crippen molar-refractivity contribution in [3.8, 4) is 0 Å². The molecule has 1 aliphatic carbocycles. The molecule has 0 aromatic heterocycles. The van der Waals surface area contributed by atoms with Gasteiger partial charge in [-0.25, -0.2) is 0 Å². The number of anilines is 1. The zero-order valence-corrected chi connectivity index (χ0v) is 11.4. The molecule has 2 rings (SSSR count). The fraction of sp³-hybridized carbons (Fsp3) is 0.625. The molecular weight excluding hydrogens is 222 g/mol. The third kappa shape index (κ3) is 4.02. The maximum atomic E-state index is 6.02. The number of hydrogen-bond donors (Lipinski definition) is 1. The summed E-state index contributed by atoms with van der Waals surface area (Å²) in [5, 5.41) is 0. The third-order valence-corrected chi connectivity index (χ3v) is 3.96. The van der Waals surface area contributed by atoms with Crippen molar-refractivity contribution >= 4 is 5.69 Å². The van der Waals surface area contributed by atoms with Crippen LogP contribution in [0.15, 0.2) is 24.3 Å². The average Bonchev–Trinajstić information content (AvgIpc) is 2.65. The van der Waals surface area contributed by atoms with Crippen LogP contribution in [0.1, 0.15) is 57.1 Å². The lowest BCUT2D eigenvalue weighted by Gasteiger charge is -2.19. The van der Waals surface area contributed by atoms with E-state index in [1.54, 1.807) is 0 Å². The standard InChI is InChI=1S/C16H25NO/c1-13(15-8-10-16(17)11-9-15)18-12-14-6-4-2-3-5-7-14/h8-11,13-14H,2-7,12,17H2,1H3. The lowest BCUT2D eigenvalue weighted by atomic mass is 10.0. The number of benzene rings is 1. The van der Waals surface area contributed by atoms with Gasteiger partial charge in [0.2, 0.25) is 0 Å². The van der Waals surface area contributed by atoms with Gasteiger partial charge in [0, 0.05) is 5.69 Å². The normalized spacial score (nSPS) is 19.4. The number of ether oxygens (including phenoxy) is 1. The van der Waals surface area contributed by atoms with E-state index >= 15 is 0 Å². The smallest absolute Gasteiger partial charge is 0.0796 e. The van der Waals surface area contributed by atoms with E-state index in [1.165, 1.54) is 44.1 Å². The van der Waals surface area contributed by atoms with Gasteiger partial charge in [-0.05, 0) is 43.4 Å². The van der Waals surface area contributed by atoms with Gasteiger partial charge < -0.3 is 10.5 Å². The molecule has 1 unspecified atom stereocenters. The van der Waals surface area contributed by atoms with E-state index in [9.17, 15) is 0 Å². The molecule has 0 aliphatic heterocycles. The molecular formula is C16H25NO. The minimum Gasteiger partial charge on any atom is -0.399 e. The number of hydrogen-bond acceptors (Lipinski definition) is 2. The van der Waals surface area contributed by atoms with Crippen LogP contribution in [0.5, 0.6) is 0 Å². The van der Waals surface area contributed by atoms with Gasteiger partial charge >= 0.3 is 0 Å². The molecule has 1 atom stereocenters. The van der Waals surface area contributed by atoms with Crippen molar-refractivity contribution in [2.75, 3.05) is 12.3 Å². The summed E-state index contributed by atoms with van der Waals surface area (Å²) in [4.78, 5) is 0. The number of nitrogen functional groups attached to an aromatic ring is 1. The van der Waals surface area contributed by atoms with Gasteiger partial charge in [-0.2, -0.15) is 0 Å². The van der Waals surface area contributed by atoms with Crippen LogP contribution >= 0.6 is 0 Å². The summed E-state index contributed by atoms with van der Waals surface area (Å²) < 4.78 is 6.02. The molecule has 1 aromatic carbocycles. The lowest BCUT2D eigenvalue weighted by molar-refractivity contribution is 0.0357. The summed E-state index contributed by atoms with van der Waals surface area (Å²) in [5.74, 6) is 0.767. The van der Waals surface area contributed by atoms with E-state index in [0.717, 1.165) is 18.2 Å². The molecule has 1 aliphatic rings. The van der Waals surface area contributed by atoms with Gasteiger partial charge in [0.1, 0.15) is 0 Å². The monoisotopic (exact) mass is 247 g/mol. The Hall–Kier alpha value is -1.02. The summed E-state index contributed by atoms with van der Waals surface area (Å²) in [6, 6.07) is 8.02. The van der Waals surface area contributed by atoms with Crippen LogP contribution in [0.3, 0.4) is 0 Å². The minimum atomic E-state index is 0.175. The number of rotatable bonds is 4. The van der Waals surface area contributed by atoms with Crippen LogP contribution < -0.4 is 5.73 Å². The van der Waals surface area contributed by atoms with Crippen molar-refractivity contribution in [1.82, 2.24) is 0 Å². The van der Waals surface area contributed by atoms with Gasteiger partial charge in [-0.15, -0.1) is 0 Å². The molecule has 0 bridgehead atoms. The van der Waals surface area contributed by atoms with Crippen molar-refractivity contribution in [1.29, 1.82) is 0 Å². The Kier molecular flexibility index (Phi) is 5.06. The van der Waals surface area contributed by atoms with E-state index in [4.69, 9.17) is 10.5 Å². The summed E-state index contributed by atoms with van der Waals surface area (Å²) >= 11 is 0. The molecule has 1 saturated carbocycles. The quantitative estimate of drug-likeness (QED) is 0.635. The first kappa shape index (κ1) is 13.4. The van der Waals surface area contributed by atoms with Crippen LogP contribution in [0.25, 0.3) is 0 Å². The van der Waals surface area contributed by atoms with Crippen LogP contribution in [-0.4, -0.2) is 6.61 Å². The predicted molar refractivity (Wildman–Crippen MR) is 76.4 cm³/mol. The molecule has 1 aromatic rings. The third-order valence-electron chi connectivity index (χ3n) is 3.96. The lowest BCUT2D eigenvalue weighted by Crippen LogP contribution is -2.11. The maximum Gasteiger partial charge on any atom is 0.0796 e. The van der Waals surface area contributed by atoms with Gasteiger partial charge in [0.05, 0.1) is 12.7 Å². The highest BCUT2D eigenvalue weighted by Crippen LogP contribution is 2.25. The maximum absolute atomic E-state index is 6.02. The van der Waals surface area contributed by atoms with Crippen LogP contribution in [0.4, 0.5) is 5.69 Å². The minimum absolute atomic E-state index is 0.175. The molecule has 2 N–H and O–H groups in total. The topological polar surface area (TPSA) is 35.2 Å². The molecule has 0 amide bonds. The number of nitrogens with two attached hydrogens (primary N) is 1. The van der Waals surface area contributed by atoms with E-state index in [1.807, 2.05) is 12.1 Å². The molecule has 18 heavy (non-hydrogen) atoms. The summed E-state index contributed by atoms with van der Waals surface area (Å²) in [5.41, 5.74) is 7.73. The Balaban J connectivity index is 1.80. The fourth-order valence-electron chi connectivity index (χ4n) is 2.67. The molecule has 1 fully saturated rings. The first-order valence-electron chi connectivity index (χ1n) is 7.23. The molecule has 2 nitrogen and oxygen atoms in total. The van der Waals surface area contributed by atoms with E-state index in [0.29, 0.717) is 0 Å². The second kappa shape index (κ2) is 6.79. The van der Waals surface area contributed by atoms with Crippen LogP contribution in [0, 0.1) is 5.92 Å². The molecule has 0 radical (unpaired) electrons. The Labute approximate surface area is 111 Å². The van der Waals surface area contributed by atoms with Crippen LogP contribution in [-0.2, 0) is 4.74 Å². The van der Waals surface area contributed by atoms with Gasteiger partial charge in [-0.1, -0.05) is 37.8 Å². The zero-order chi connectivity index (χ0) is 12.8. The highest BCUT2D eigenvalue weighted by molar-refractivity contribution is 5.39. The highest BCUT2D eigenvalue weighted by atomic mass is 16.5. The Morgan fingerprint density at radius 3 is 2.33 bits per heavy atom.